The summed E-state index contributed by atoms with van der Waals surface area (Å²) in [6.07, 6.45) is 3.71. The Kier molecular flexibility index (Phi) is 3.13. The van der Waals surface area contributed by atoms with Crippen LogP contribution in [0.25, 0.3) is 0 Å². The molecule has 0 aliphatic heterocycles. The molecule has 3 nitrogen and oxygen atoms in total. The first-order valence-electron chi connectivity index (χ1n) is 5.64. The van der Waals surface area contributed by atoms with Crippen LogP contribution in [0.2, 0.25) is 0 Å². The molecule has 0 bridgehead atoms. The summed E-state index contributed by atoms with van der Waals surface area (Å²) < 4.78 is 5.62. The van der Waals surface area contributed by atoms with Crippen LogP contribution in [0.15, 0.2) is 18.2 Å². The highest BCUT2D eigenvalue weighted by Crippen LogP contribution is 2.32. The minimum Gasteiger partial charge on any atom is -0.493 e. The molecule has 0 atom stereocenters. The molecule has 2 rings (SSSR count). The minimum atomic E-state index is -0.898. The molecule has 1 aromatic rings. The van der Waals surface area contributed by atoms with E-state index in [0.717, 1.165) is 12.3 Å². The fourth-order valence-electron chi connectivity index (χ4n) is 1.74. The van der Waals surface area contributed by atoms with Crippen molar-refractivity contribution in [2.24, 2.45) is 5.92 Å². The van der Waals surface area contributed by atoms with Gasteiger partial charge in [0.1, 0.15) is 5.75 Å². The van der Waals surface area contributed by atoms with Crippen molar-refractivity contribution in [3.63, 3.8) is 0 Å². The highest BCUT2D eigenvalue weighted by molar-refractivity contribution is 5.90. The summed E-state index contributed by atoms with van der Waals surface area (Å²) in [5.74, 6) is 0.633. The number of hydrogen-bond acceptors (Lipinski definition) is 2. The van der Waals surface area contributed by atoms with E-state index < -0.39 is 5.97 Å². The third-order valence-electron chi connectivity index (χ3n) is 3.00. The zero-order valence-corrected chi connectivity index (χ0v) is 9.40. The van der Waals surface area contributed by atoms with Gasteiger partial charge in [-0.15, -0.1) is 0 Å². The van der Waals surface area contributed by atoms with E-state index in [1.165, 1.54) is 12.8 Å². The molecule has 3 heteroatoms. The van der Waals surface area contributed by atoms with Crippen molar-refractivity contribution in [2.45, 2.75) is 26.2 Å². The first-order chi connectivity index (χ1) is 7.68. The van der Waals surface area contributed by atoms with Crippen LogP contribution in [0.3, 0.4) is 0 Å². The molecule has 1 aliphatic carbocycles. The summed E-state index contributed by atoms with van der Waals surface area (Å²) in [6, 6.07) is 5.16. The van der Waals surface area contributed by atoms with E-state index in [1.807, 2.05) is 6.07 Å². The number of carboxylic acid groups (broad SMARTS) is 1. The fraction of sp³-hybridized carbons (Fsp3) is 0.462. The van der Waals surface area contributed by atoms with E-state index in [2.05, 4.69) is 0 Å². The van der Waals surface area contributed by atoms with Crippen molar-refractivity contribution in [1.82, 2.24) is 0 Å². The van der Waals surface area contributed by atoms with Gasteiger partial charge in [-0.1, -0.05) is 18.9 Å². The van der Waals surface area contributed by atoms with Crippen molar-refractivity contribution in [3.05, 3.63) is 29.3 Å². The Morgan fingerprint density at radius 2 is 2.25 bits per heavy atom. The number of rotatable bonds is 5. The zero-order chi connectivity index (χ0) is 11.5. The minimum absolute atomic E-state index is 0.323. The van der Waals surface area contributed by atoms with Gasteiger partial charge in [-0.05, 0) is 31.4 Å². The molecule has 0 radical (unpaired) electrons. The molecule has 0 saturated heterocycles. The zero-order valence-electron chi connectivity index (χ0n) is 9.40. The van der Waals surface area contributed by atoms with Gasteiger partial charge in [-0.25, -0.2) is 4.79 Å². The molecule has 0 unspecified atom stereocenters. The summed E-state index contributed by atoms with van der Waals surface area (Å²) >= 11 is 0. The smallest absolute Gasteiger partial charge is 0.336 e. The second kappa shape index (κ2) is 4.56. The Hall–Kier alpha value is -1.51. The van der Waals surface area contributed by atoms with E-state index in [9.17, 15) is 4.79 Å². The largest absolute Gasteiger partial charge is 0.493 e. The third-order valence-corrected chi connectivity index (χ3v) is 3.00. The van der Waals surface area contributed by atoms with Crippen molar-refractivity contribution >= 4 is 5.97 Å². The lowest BCUT2D eigenvalue weighted by Crippen LogP contribution is -2.04. The van der Waals surface area contributed by atoms with E-state index in [1.54, 1.807) is 19.1 Å². The lowest BCUT2D eigenvalue weighted by Gasteiger charge is -2.10. The average molecular weight is 220 g/mol. The maximum absolute atomic E-state index is 10.9. The Morgan fingerprint density at radius 3 is 2.88 bits per heavy atom. The predicted octanol–water partition coefficient (Wildman–Crippen LogP) is 2.87. The van der Waals surface area contributed by atoms with Crippen LogP contribution in [0.5, 0.6) is 5.75 Å². The van der Waals surface area contributed by atoms with Crippen LogP contribution in [0.1, 0.15) is 35.2 Å². The van der Waals surface area contributed by atoms with E-state index >= 15 is 0 Å². The van der Waals surface area contributed by atoms with Crippen LogP contribution in [-0.4, -0.2) is 17.7 Å². The molecule has 1 N–H and O–H groups in total. The monoisotopic (exact) mass is 220 g/mol. The Balaban J connectivity index is 2.01. The molecule has 86 valence electrons. The molecule has 1 aromatic carbocycles. The summed E-state index contributed by atoms with van der Waals surface area (Å²) in [5, 5.41) is 8.96. The van der Waals surface area contributed by atoms with Crippen LogP contribution in [0.4, 0.5) is 0 Å². The predicted molar refractivity (Wildman–Crippen MR) is 61.0 cm³/mol. The number of benzene rings is 1. The number of carboxylic acids is 1. The number of aromatic carboxylic acids is 1. The number of carbonyl (C=O) groups is 1. The Labute approximate surface area is 95.0 Å². The maximum Gasteiger partial charge on any atom is 0.336 e. The van der Waals surface area contributed by atoms with Gasteiger partial charge in [0.15, 0.2) is 0 Å². The quantitative estimate of drug-likeness (QED) is 0.829. The SMILES string of the molecule is Cc1c(OCCC2CC2)cccc1C(=O)O. The first kappa shape index (κ1) is 11.0. The van der Waals surface area contributed by atoms with Gasteiger partial charge in [0, 0.05) is 5.56 Å². The Morgan fingerprint density at radius 1 is 1.50 bits per heavy atom. The third kappa shape index (κ3) is 2.54. The van der Waals surface area contributed by atoms with Gasteiger partial charge in [0.25, 0.3) is 0 Å². The molecule has 0 aromatic heterocycles. The van der Waals surface area contributed by atoms with Gasteiger partial charge in [0.2, 0.25) is 0 Å². The van der Waals surface area contributed by atoms with Gasteiger partial charge in [-0.2, -0.15) is 0 Å². The molecule has 16 heavy (non-hydrogen) atoms. The summed E-state index contributed by atoms with van der Waals surface area (Å²) in [4.78, 5) is 10.9. The van der Waals surface area contributed by atoms with E-state index in [-0.39, 0.29) is 0 Å². The van der Waals surface area contributed by atoms with Crippen LogP contribution >= 0.6 is 0 Å². The van der Waals surface area contributed by atoms with Crippen LogP contribution in [-0.2, 0) is 0 Å². The van der Waals surface area contributed by atoms with Crippen molar-refractivity contribution in [2.75, 3.05) is 6.61 Å². The summed E-state index contributed by atoms with van der Waals surface area (Å²) in [5.41, 5.74) is 1.04. The van der Waals surface area contributed by atoms with Gasteiger partial charge >= 0.3 is 5.97 Å². The topological polar surface area (TPSA) is 46.5 Å². The molecule has 0 heterocycles. The Bertz CT molecular complexity index is 394. The molecule has 1 fully saturated rings. The highest BCUT2D eigenvalue weighted by atomic mass is 16.5. The molecule has 1 saturated carbocycles. The summed E-state index contributed by atoms with van der Waals surface area (Å²) in [6.45, 7) is 2.48. The number of hydrogen-bond donors (Lipinski definition) is 1. The lowest BCUT2D eigenvalue weighted by atomic mass is 10.1. The van der Waals surface area contributed by atoms with E-state index in [0.29, 0.717) is 23.5 Å². The van der Waals surface area contributed by atoms with Crippen molar-refractivity contribution in [3.8, 4) is 5.75 Å². The normalized spacial score (nSPS) is 14.8. The first-order valence-corrected chi connectivity index (χ1v) is 5.64. The van der Waals surface area contributed by atoms with Crippen LogP contribution < -0.4 is 4.74 Å². The van der Waals surface area contributed by atoms with E-state index in [4.69, 9.17) is 9.84 Å². The average Bonchev–Trinajstić information content (AvgIpc) is 3.04. The molecule has 0 amide bonds. The van der Waals surface area contributed by atoms with Crippen molar-refractivity contribution in [1.29, 1.82) is 0 Å². The molecule has 1 aliphatic rings. The molecule has 0 spiro atoms. The van der Waals surface area contributed by atoms with Crippen molar-refractivity contribution < 1.29 is 14.6 Å². The van der Waals surface area contributed by atoms with Gasteiger partial charge in [0.05, 0.1) is 12.2 Å². The molecular weight excluding hydrogens is 204 g/mol. The molecular formula is C13H16O3. The lowest BCUT2D eigenvalue weighted by molar-refractivity contribution is 0.0695. The fourth-order valence-corrected chi connectivity index (χ4v) is 1.74. The van der Waals surface area contributed by atoms with Gasteiger partial charge < -0.3 is 9.84 Å². The highest BCUT2D eigenvalue weighted by Gasteiger charge is 2.21. The van der Waals surface area contributed by atoms with Crippen LogP contribution in [0, 0.1) is 12.8 Å². The summed E-state index contributed by atoms with van der Waals surface area (Å²) in [7, 11) is 0. The van der Waals surface area contributed by atoms with Gasteiger partial charge in [-0.3, -0.25) is 0 Å². The maximum atomic E-state index is 10.9. The second-order valence-electron chi connectivity index (χ2n) is 4.31. The standard InChI is InChI=1S/C13H16O3/c1-9-11(13(14)15)3-2-4-12(9)16-8-7-10-5-6-10/h2-4,10H,5-8H2,1H3,(H,14,15). The second-order valence-corrected chi connectivity index (χ2v) is 4.31. The number of ether oxygens (including phenoxy) is 1.